The molecule has 1 saturated heterocycles. The fourth-order valence-corrected chi connectivity index (χ4v) is 2.50. The van der Waals surface area contributed by atoms with Crippen molar-refractivity contribution >= 4 is 5.82 Å². The highest BCUT2D eigenvalue weighted by atomic mass is 15.1. The van der Waals surface area contributed by atoms with Gasteiger partial charge in [0, 0.05) is 24.8 Å². The number of nitrogens with one attached hydrogen (secondary N) is 1. The molecule has 0 saturated carbocycles. The summed E-state index contributed by atoms with van der Waals surface area (Å²) >= 11 is 0. The zero-order chi connectivity index (χ0) is 12.6. The SMILES string of the molecule is CCCNc1ncccc1CN1CCCCCC1. The first-order valence-electron chi connectivity index (χ1n) is 7.30. The molecule has 0 aliphatic carbocycles. The predicted octanol–water partition coefficient (Wildman–Crippen LogP) is 3.28. The molecule has 0 spiro atoms. The van der Waals surface area contributed by atoms with Gasteiger partial charge in [-0.15, -0.1) is 0 Å². The van der Waals surface area contributed by atoms with Crippen LogP contribution in [0.5, 0.6) is 0 Å². The van der Waals surface area contributed by atoms with Crippen LogP contribution in [0.3, 0.4) is 0 Å². The number of rotatable bonds is 5. The maximum absolute atomic E-state index is 4.47. The molecule has 1 aromatic rings. The normalized spacial score (nSPS) is 17.4. The molecule has 0 amide bonds. The van der Waals surface area contributed by atoms with Gasteiger partial charge in [0.05, 0.1) is 0 Å². The standard InChI is InChI=1S/C15H25N3/c1-2-9-16-15-14(8-7-10-17-15)13-18-11-5-3-4-6-12-18/h7-8,10H,2-6,9,11-13H2,1H3,(H,16,17). The van der Waals surface area contributed by atoms with Crippen LogP contribution in [0, 0.1) is 0 Å². The van der Waals surface area contributed by atoms with Gasteiger partial charge in [0.25, 0.3) is 0 Å². The Morgan fingerprint density at radius 2 is 2.00 bits per heavy atom. The number of nitrogens with zero attached hydrogens (tertiary/aromatic N) is 2. The Morgan fingerprint density at radius 1 is 1.22 bits per heavy atom. The molecule has 2 rings (SSSR count). The van der Waals surface area contributed by atoms with E-state index in [1.54, 1.807) is 0 Å². The lowest BCUT2D eigenvalue weighted by Gasteiger charge is -2.21. The van der Waals surface area contributed by atoms with Crippen LogP contribution in [0.1, 0.15) is 44.6 Å². The lowest BCUT2D eigenvalue weighted by Crippen LogP contribution is -2.24. The summed E-state index contributed by atoms with van der Waals surface area (Å²) in [6, 6.07) is 4.25. The maximum Gasteiger partial charge on any atom is 0.130 e. The van der Waals surface area contributed by atoms with Crippen molar-refractivity contribution in [2.24, 2.45) is 0 Å². The molecule has 2 heterocycles. The Hall–Kier alpha value is -1.09. The van der Waals surface area contributed by atoms with E-state index in [0.29, 0.717) is 0 Å². The number of aromatic nitrogens is 1. The van der Waals surface area contributed by atoms with Crippen LogP contribution < -0.4 is 5.32 Å². The van der Waals surface area contributed by atoms with Crippen LogP contribution in [-0.4, -0.2) is 29.5 Å². The molecule has 1 fully saturated rings. The highest BCUT2D eigenvalue weighted by Crippen LogP contribution is 2.17. The molecule has 0 atom stereocenters. The Bertz CT molecular complexity index is 343. The van der Waals surface area contributed by atoms with Crippen LogP contribution in [0.2, 0.25) is 0 Å². The molecule has 1 aliphatic heterocycles. The molecule has 0 bridgehead atoms. The first-order valence-corrected chi connectivity index (χ1v) is 7.30. The van der Waals surface area contributed by atoms with E-state index in [2.05, 4.69) is 28.2 Å². The quantitative estimate of drug-likeness (QED) is 0.865. The molecule has 3 heteroatoms. The molecule has 0 radical (unpaired) electrons. The van der Waals surface area contributed by atoms with Crippen molar-refractivity contribution < 1.29 is 0 Å². The second-order valence-corrected chi connectivity index (χ2v) is 5.13. The number of pyridine rings is 1. The van der Waals surface area contributed by atoms with Crippen LogP contribution in [0.4, 0.5) is 5.82 Å². The first-order chi connectivity index (χ1) is 8.90. The smallest absolute Gasteiger partial charge is 0.130 e. The van der Waals surface area contributed by atoms with E-state index in [-0.39, 0.29) is 0 Å². The molecule has 100 valence electrons. The lowest BCUT2D eigenvalue weighted by molar-refractivity contribution is 0.277. The minimum Gasteiger partial charge on any atom is -0.370 e. The van der Waals surface area contributed by atoms with Crippen molar-refractivity contribution in [2.45, 2.75) is 45.6 Å². The van der Waals surface area contributed by atoms with E-state index in [9.17, 15) is 0 Å². The van der Waals surface area contributed by atoms with E-state index in [1.807, 2.05) is 12.3 Å². The van der Waals surface area contributed by atoms with Gasteiger partial charge in [0.2, 0.25) is 0 Å². The molecule has 3 nitrogen and oxygen atoms in total. The fraction of sp³-hybridized carbons (Fsp3) is 0.667. The molecule has 1 aliphatic rings. The topological polar surface area (TPSA) is 28.2 Å². The minimum atomic E-state index is 1.00. The summed E-state index contributed by atoms with van der Waals surface area (Å²) in [5.74, 6) is 1.07. The van der Waals surface area contributed by atoms with E-state index in [4.69, 9.17) is 0 Å². The zero-order valence-corrected chi connectivity index (χ0v) is 11.5. The van der Waals surface area contributed by atoms with Crippen molar-refractivity contribution in [3.8, 4) is 0 Å². The third-order valence-corrected chi connectivity index (χ3v) is 3.53. The zero-order valence-electron chi connectivity index (χ0n) is 11.5. The third-order valence-electron chi connectivity index (χ3n) is 3.53. The predicted molar refractivity (Wildman–Crippen MR) is 76.8 cm³/mol. The average molecular weight is 247 g/mol. The van der Waals surface area contributed by atoms with Gasteiger partial charge < -0.3 is 5.32 Å². The number of likely N-dealkylation sites (tertiary alicyclic amines) is 1. The maximum atomic E-state index is 4.47. The Labute approximate surface area is 111 Å². The fourth-order valence-electron chi connectivity index (χ4n) is 2.50. The number of hydrogen-bond acceptors (Lipinski definition) is 3. The van der Waals surface area contributed by atoms with Crippen LogP contribution in [0.25, 0.3) is 0 Å². The van der Waals surface area contributed by atoms with E-state index in [1.165, 1.54) is 44.3 Å². The van der Waals surface area contributed by atoms with Crippen molar-refractivity contribution in [3.05, 3.63) is 23.9 Å². The number of anilines is 1. The summed E-state index contributed by atoms with van der Waals surface area (Å²) in [6.45, 7) is 6.71. The molecule has 0 unspecified atom stereocenters. The summed E-state index contributed by atoms with van der Waals surface area (Å²) in [5, 5.41) is 3.43. The van der Waals surface area contributed by atoms with Gasteiger partial charge in [-0.2, -0.15) is 0 Å². The summed E-state index contributed by atoms with van der Waals surface area (Å²) in [7, 11) is 0. The monoisotopic (exact) mass is 247 g/mol. The van der Waals surface area contributed by atoms with Crippen molar-refractivity contribution in [1.82, 2.24) is 9.88 Å². The molecule has 0 aromatic carbocycles. The van der Waals surface area contributed by atoms with Crippen LogP contribution >= 0.6 is 0 Å². The molecule has 1 aromatic heterocycles. The number of hydrogen-bond donors (Lipinski definition) is 1. The average Bonchev–Trinajstić information content (AvgIpc) is 2.66. The molecular weight excluding hydrogens is 222 g/mol. The highest BCUT2D eigenvalue weighted by Gasteiger charge is 2.11. The summed E-state index contributed by atoms with van der Waals surface area (Å²) in [6.07, 6.45) is 8.49. The van der Waals surface area contributed by atoms with Gasteiger partial charge in [-0.05, 0) is 38.4 Å². The van der Waals surface area contributed by atoms with E-state index >= 15 is 0 Å². The molecular formula is C15H25N3. The third kappa shape index (κ3) is 3.98. The van der Waals surface area contributed by atoms with Crippen LogP contribution in [-0.2, 0) is 6.54 Å². The van der Waals surface area contributed by atoms with Crippen molar-refractivity contribution in [3.63, 3.8) is 0 Å². The van der Waals surface area contributed by atoms with E-state index < -0.39 is 0 Å². The van der Waals surface area contributed by atoms with E-state index in [0.717, 1.165) is 25.3 Å². The molecule has 1 N–H and O–H groups in total. The van der Waals surface area contributed by atoms with Gasteiger partial charge in [-0.25, -0.2) is 4.98 Å². The molecule has 18 heavy (non-hydrogen) atoms. The van der Waals surface area contributed by atoms with Gasteiger partial charge in [-0.1, -0.05) is 25.8 Å². The van der Waals surface area contributed by atoms with Crippen molar-refractivity contribution in [2.75, 3.05) is 25.0 Å². The minimum absolute atomic E-state index is 1.00. The van der Waals surface area contributed by atoms with Gasteiger partial charge >= 0.3 is 0 Å². The summed E-state index contributed by atoms with van der Waals surface area (Å²) in [5.41, 5.74) is 1.34. The Balaban J connectivity index is 1.98. The van der Waals surface area contributed by atoms with Crippen molar-refractivity contribution in [1.29, 1.82) is 0 Å². The lowest BCUT2D eigenvalue weighted by atomic mass is 10.2. The Kier molecular flexibility index (Phi) is 5.46. The highest BCUT2D eigenvalue weighted by molar-refractivity contribution is 5.43. The first kappa shape index (κ1) is 13.3. The summed E-state index contributed by atoms with van der Waals surface area (Å²) < 4.78 is 0. The van der Waals surface area contributed by atoms with Gasteiger partial charge in [0.1, 0.15) is 5.82 Å². The second-order valence-electron chi connectivity index (χ2n) is 5.13. The Morgan fingerprint density at radius 3 is 2.72 bits per heavy atom. The van der Waals surface area contributed by atoms with Crippen LogP contribution in [0.15, 0.2) is 18.3 Å². The largest absolute Gasteiger partial charge is 0.370 e. The summed E-state index contributed by atoms with van der Waals surface area (Å²) in [4.78, 5) is 7.04. The van der Waals surface area contributed by atoms with Gasteiger partial charge in [0.15, 0.2) is 0 Å². The second kappa shape index (κ2) is 7.37. The van der Waals surface area contributed by atoms with Gasteiger partial charge in [-0.3, -0.25) is 4.90 Å².